The third-order valence-electron chi connectivity index (χ3n) is 5.67. The van der Waals surface area contributed by atoms with E-state index in [9.17, 15) is 14.4 Å². The maximum atomic E-state index is 13.2. The molecule has 3 atom stereocenters. The molecule has 1 amide bonds. The lowest BCUT2D eigenvalue weighted by Gasteiger charge is -2.28. The number of likely N-dealkylation sites (tertiary alicyclic amines) is 1. The van der Waals surface area contributed by atoms with Gasteiger partial charge >= 0.3 is 11.9 Å². The minimum atomic E-state index is -0.704. The van der Waals surface area contributed by atoms with E-state index in [-0.39, 0.29) is 38.9 Å². The average molecular weight is 512 g/mol. The van der Waals surface area contributed by atoms with Gasteiger partial charge in [-0.05, 0) is 45.1 Å². The summed E-state index contributed by atoms with van der Waals surface area (Å²) in [4.78, 5) is 44.1. The molecule has 0 aliphatic carbocycles. The molecular weight excluding hydrogens is 474 g/mol. The molecule has 1 aliphatic heterocycles. The number of aryl methyl sites for hydroxylation is 1. The first-order valence-corrected chi connectivity index (χ1v) is 12.2. The fourth-order valence-corrected chi connectivity index (χ4v) is 3.94. The van der Waals surface area contributed by atoms with Crippen LogP contribution in [0.1, 0.15) is 38.7 Å². The van der Waals surface area contributed by atoms with E-state index in [1.54, 1.807) is 13.8 Å². The summed E-state index contributed by atoms with van der Waals surface area (Å²) in [6.45, 7) is 4.12. The molecule has 0 saturated carbocycles. The van der Waals surface area contributed by atoms with Gasteiger partial charge in [-0.2, -0.15) is 0 Å². The second-order valence-electron chi connectivity index (χ2n) is 8.27. The average Bonchev–Trinajstić information content (AvgIpc) is 3.36. The molecular formula is C24H37N3O9. The molecule has 1 heterocycles. The van der Waals surface area contributed by atoms with Crippen LogP contribution in [-0.4, -0.2) is 96.3 Å². The van der Waals surface area contributed by atoms with Crippen LogP contribution in [0.2, 0.25) is 0 Å². The van der Waals surface area contributed by atoms with Gasteiger partial charge in [-0.3, -0.25) is 25.3 Å². The van der Waals surface area contributed by atoms with Crippen LogP contribution in [0.25, 0.3) is 0 Å². The summed E-state index contributed by atoms with van der Waals surface area (Å²) in [5, 5.41) is 19.5. The molecule has 0 bridgehead atoms. The molecule has 0 spiro atoms. The first-order chi connectivity index (χ1) is 17.3. The minimum absolute atomic E-state index is 0.0163. The Morgan fingerprint density at radius 1 is 1.11 bits per heavy atom. The monoisotopic (exact) mass is 511 g/mol. The van der Waals surface area contributed by atoms with Crippen LogP contribution < -0.4 is 5.32 Å². The third-order valence-corrected chi connectivity index (χ3v) is 5.67. The van der Waals surface area contributed by atoms with E-state index in [0.29, 0.717) is 32.2 Å². The topological polar surface area (TPSA) is 147 Å². The number of rotatable bonds is 16. The number of hydrogen-bond acceptors (Lipinski definition) is 11. The number of hydrogen-bond donors (Lipinski definition) is 3. The van der Waals surface area contributed by atoms with Gasteiger partial charge in [0.1, 0.15) is 18.7 Å². The van der Waals surface area contributed by atoms with Crippen molar-refractivity contribution in [2.24, 2.45) is 0 Å². The maximum Gasteiger partial charge on any atom is 0.328 e. The molecule has 3 N–H and O–H groups in total. The summed E-state index contributed by atoms with van der Waals surface area (Å²) < 4.78 is 15.6. The summed E-state index contributed by atoms with van der Waals surface area (Å²) in [6.07, 6.45) is 2.26. The number of esters is 2. The van der Waals surface area contributed by atoms with Crippen LogP contribution in [0.3, 0.4) is 0 Å². The highest BCUT2D eigenvalue weighted by molar-refractivity contribution is 5.88. The lowest BCUT2D eigenvalue weighted by atomic mass is 10.0. The molecule has 1 aliphatic rings. The zero-order valence-corrected chi connectivity index (χ0v) is 20.8. The summed E-state index contributed by atoms with van der Waals surface area (Å²) >= 11 is 0. The Hall–Kier alpha value is -2.61. The number of carbonyl (C=O) groups is 3. The maximum absolute atomic E-state index is 13.2. The number of ether oxygens (including phenoxy) is 3. The lowest BCUT2D eigenvalue weighted by molar-refractivity contribution is -0.493. The molecule has 202 valence electrons. The van der Waals surface area contributed by atoms with Crippen molar-refractivity contribution in [2.75, 3.05) is 39.6 Å². The quantitative estimate of drug-likeness (QED) is 0.166. The zero-order chi connectivity index (χ0) is 26.3. The van der Waals surface area contributed by atoms with Crippen molar-refractivity contribution in [1.29, 1.82) is 0 Å². The Kier molecular flexibility index (Phi) is 13.3. The smallest absolute Gasteiger partial charge is 0.328 e. The third kappa shape index (κ3) is 10.2. The zero-order valence-electron chi connectivity index (χ0n) is 20.8. The van der Waals surface area contributed by atoms with Gasteiger partial charge in [0.25, 0.3) is 0 Å². The van der Waals surface area contributed by atoms with Crippen LogP contribution in [-0.2, 0) is 39.9 Å². The van der Waals surface area contributed by atoms with E-state index < -0.39 is 35.5 Å². The SMILES string of the molecule is CCOC(=O)C(CCc1ccccc1)NC(C)C(=O)N1CCCC1C(=O)OCCOCCON(O)O. The molecule has 2 rings (SSSR count). The summed E-state index contributed by atoms with van der Waals surface area (Å²) in [5.74, 6) is -1.22. The van der Waals surface area contributed by atoms with Gasteiger partial charge in [0, 0.05) is 6.54 Å². The first-order valence-electron chi connectivity index (χ1n) is 12.2. The highest BCUT2D eigenvalue weighted by Gasteiger charge is 2.38. The fourth-order valence-electron chi connectivity index (χ4n) is 3.94. The van der Waals surface area contributed by atoms with Crippen molar-refractivity contribution in [3.8, 4) is 0 Å². The van der Waals surface area contributed by atoms with Gasteiger partial charge in [0.15, 0.2) is 0 Å². The normalized spacial score (nSPS) is 17.1. The van der Waals surface area contributed by atoms with E-state index in [4.69, 9.17) is 24.6 Å². The second-order valence-corrected chi connectivity index (χ2v) is 8.27. The predicted molar refractivity (Wildman–Crippen MR) is 126 cm³/mol. The second kappa shape index (κ2) is 16.2. The van der Waals surface area contributed by atoms with Gasteiger partial charge < -0.3 is 19.1 Å². The van der Waals surface area contributed by atoms with Crippen molar-refractivity contribution in [2.45, 2.75) is 57.7 Å². The Morgan fingerprint density at radius 3 is 2.53 bits per heavy atom. The van der Waals surface area contributed by atoms with E-state index in [0.717, 1.165) is 5.56 Å². The molecule has 12 nitrogen and oxygen atoms in total. The summed E-state index contributed by atoms with van der Waals surface area (Å²) in [5.41, 5.74) is 1.08. The fraction of sp³-hybridized carbons (Fsp3) is 0.625. The predicted octanol–water partition coefficient (Wildman–Crippen LogP) is 1.09. The molecule has 0 radical (unpaired) electrons. The van der Waals surface area contributed by atoms with Crippen molar-refractivity contribution < 1.29 is 43.8 Å². The van der Waals surface area contributed by atoms with Crippen LogP contribution in [0, 0.1) is 0 Å². The van der Waals surface area contributed by atoms with Gasteiger partial charge in [0.05, 0.1) is 37.9 Å². The molecule has 3 unspecified atom stereocenters. The minimum Gasteiger partial charge on any atom is -0.465 e. The highest BCUT2D eigenvalue weighted by atomic mass is 17.1. The Labute approximate surface area is 210 Å². The van der Waals surface area contributed by atoms with Crippen molar-refractivity contribution in [3.05, 3.63) is 35.9 Å². The number of amides is 1. The molecule has 36 heavy (non-hydrogen) atoms. The lowest BCUT2D eigenvalue weighted by Crippen LogP contribution is -2.53. The number of benzene rings is 1. The number of nitrogens with zero attached hydrogens (tertiary/aromatic N) is 2. The number of carbonyl (C=O) groups excluding carboxylic acids is 3. The van der Waals surface area contributed by atoms with Crippen LogP contribution in [0.4, 0.5) is 0 Å². The Bertz CT molecular complexity index is 809. The van der Waals surface area contributed by atoms with Crippen molar-refractivity contribution in [3.63, 3.8) is 0 Å². The molecule has 1 aromatic carbocycles. The Balaban J connectivity index is 1.85. The van der Waals surface area contributed by atoms with Crippen LogP contribution in [0.5, 0.6) is 0 Å². The Morgan fingerprint density at radius 2 is 1.83 bits per heavy atom. The molecule has 12 heteroatoms. The highest BCUT2D eigenvalue weighted by Crippen LogP contribution is 2.20. The van der Waals surface area contributed by atoms with Crippen molar-refractivity contribution in [1.82, 2.24) is 15.6 Å². The molecule has 1 aromatic rings. The molecule has 1 saturated heterocycles. The number of nitrogens with one attached hydrogen (secondary N) is 1. The van der Waals surface area contributed by atoms with E-state index in [2.05, 4.69) is 10.2 Å². The van der Waals surface area contributed by atoms with Gasteiger partial charge in [-0.15, -0.1) is 0 Å². The van der Waals surface area contributed by atoms with Crippen LogP contribution >= 0.6 is 0 Å². The van der Waals surface area contributed by atoms with Gasteiger partial charge in [0.2, 0.25) is 5.91 Å². The molecule has 0 aromatic heterocycles. The van der Waals surface area contributed by atoms with Crippen LogP contribution in [0.15, 0.2) is 30.3 Å². The summed E-state index contributed by atoms with van der Waals surface area (Å²) in [7, 11) is 0. The van der Waals surface area contributed by atoms with E-state index >= 15 is 0 Å². The largest absolute Gasteiger partial charge is 0.465 e. The van der Waals surface area contributed by atoms with E-state index in [1.807, 2.05) is 30.3 Å². The van der Waals surface area contributed by atoms with Gasteiger partial charge in [-0.1, -0.05) is 30.3 Å². The standard InChI is InChI=1S/C24H37N3O9/c1-3-34-23(29)20(12-11-19-8-5-4-6-9-19)25-18(2)22(28)26-13-7-10-21(26)24(30)35-16-14-33-15-17-36-27(31)32/h4-6,8-9,18,20-21,25,31-32H,3,7,10-17H2,1-2H3. The van der Waals surface area contributed by atoms with E-state index in [1.165, 1.54) is 4.90 Å². The van der Waals surface area contributed by atoms with Crippen molar-refractivity contribution >= 4 is 17.8 Å². The summed E-state index contributed by atoms with van der Waals surface area (Å²) in [6, 6.07) is 7.68. The molecule has 1 fully saturated rings. The van der Waals surface area contributed by atoms with Gasteiger partial charge in [-0.25, -0.2) is 9.63 Å². The first kappa shape index (κ1) is 29.6.